The average Bonchev–Trinajstić information content (AvgIpc) is 1.61. The lowest BCUT2D eigenvalue weighted by Crippen LogP contribution is -2.19. The molecule has 0 heterocycles. The summed E-state index contributed by atoms with van der Waals surface area (Å²) in [6, 6.07) is 0. The molecule has 10 heavy (non-hydrogen) atoms. The van der Waals surface area contributed by atoms with Crippen molar-refractivity contribution >= 4 is 23.5 Å². The Morgan fingerprint density at radius 1 is 1.80 bits per heavy atom. The van der Waals surface area contributed by atoms with Crippen molar-refractivity contribution in [1.29, 1.82) is 0 Å². The topological polar surface area (TPSA) is 49.4 Å². The van der Waals surface area contributed by atoms with Gasteiger partial charge in [0, 0.05) is 15.9 Å². The first-order chi connectivity index (χ1) is 4.31. The van der Waals surface area contributed by atoms with Gasteiger partial charge in [0.1, 0.15) is 0 Å². The Morgan fingerprint density at radius 3 is 2.30 bits per heavy atom. The van der Waals surface area contributed by atoms with Crippen LogP contribution in [0.15, 0.2) is 0 Å². The minimum atomic E-state index is -5.04. The van der Waals surface area contributed by atoms with E-state index in [1.165, 1.54) is 6.92 Å². The number of hydrogen-bond acceptors (Lipinski definition) is 3. The highest BCUT2D eigenvalue weighted by molar-refractivity contribution is 9.11. The normalized spacial score (nSPS) is 18.5. The summed E-state index contributed by atoms with van der Waals surface area (Å²) in [6.45, 7) is 1.02. The van der Waals surface area contributed by atoms with Gasteiger partial charge in [0.05, 0.1) is 6.61 Å². The maximum absolute atomic E-state index is 11.9. The second kappa shape index (κ2) is 3.26. The molecule has 0 aliphatic carbocycles. The molecule has 0 N–H and O–H groups in total. The van der Waals surface area contributed by atoms with Crippen LogP contribution in [0.4, 0.5) is 8.78 Å². The largest absolute Gasteiger partial charge is 0.774 e. The third-order valence-corrected chi connectivity index (χ3v) is 3.13. The molecular formula is C3H5BrF2O3P-. The maximum Gasteiger partial charge on any atom is 0.361 e. The van der Waals surface area contributed by atoms with Gasteiger partial charge in [0.15, 0.2) is 0 Å². The lowest BCUT2D eigenvalue weighted by Gasteiger charge is -2.26. The van der Waals surface area contributed by atoms with Gasteiger partial charge in [-0.15, -0.1) is 0 Å². The summed E-state index contributed by atoms with van der Waals surface area (Å²) in [5.41, 5.74) is 0. The zero-order chi connectivity index (χ0) is 8.41. The van der Waals surface area contributed by atoms with Gasteiger partial charge in [0.2, 0.25) is 7.60 Å². The zero-order valence-corrected chi connectivity index (χ0v) is 7.49. The minimum Gasteiger partial charge on any atom is -0.774 e. The Morgan fingerprint density at radius 2 is 2.20 bits per heavy atom. The second-order valence-electron chi connectivity index (χ2n) is 1.38. The monoisotopic (exact) mass is 237 g/mol. The van der Waals surface area contributed by atoms with Crippen LogP contribution in [-0.4, -0.2) is 11.2 Å². The third kappa shape index (κ3) is 2.62. The summed E-state index contributed by atoms with van der Waals surface area (Å²) in [7, 11) is -5.04. The molecule has 0 fully saturated rings. The molecule has 0 spiro atoms. The lowest BCUT2D eigenvalue weighted by atomic mass is 10.9. The molecule has 0 aromatic carbocycles. The van der Waals surface area contributed by atoms with Crippen molar-refractivity contribution in [3.63, 3.8) is 0 Å². The van der Waals surface area contributed by atoms with Crippen LogP contribution in [0.2, 0.25) is 0 Å². The summed E-state index contributed by atoms with van der Waals surface area (Å²) >= 11 is 1.67. The predicted octanol–water partition coefficient (Wildman–Crippen LogP) is 1.52. The highest BCUT2D eigenvalue weighted by Gasteiger charge is 2.39. The lowest BCUT2D eigenvalue weighted by molar-refractivity contribution is -0.211. The molecule has 0 aromatic rings. The fraction of sp³-hybridized carbons (Fsp3) is 1.00. The first-order valence-corrected chi connectivity index (χ1v) is 4.67. The number of hydrogen-bond donors (Lipinski definition) is 0. The van der Waals surface area contributed by atoms with Crippen LogP contribution < -0.4 is 4.89 Å². The van der Waals surface area contributed by atoms with E-state index in [4.69, 9.17) is 0 Å². The van der Waals surface area contributed by atoms with Crippen LogP contribution >= 0.6 is 23.5 Å². The van der Waals surface area contributed by atoms with Crippen molar-refractivity contribution in [3.8, 4) is 0 Å². The van der Waals surface area contributed by atoms with Crippen molar-refractivity contribution in [3.05, 3.63) is 0 Å². The highest BCUT2D eigenvalue weighted by Crippen LogP contribution is 2.57. The van der Waals surface area contributed by atoms with Gasteiger partial charge >= 0.3 is 4.57 Å². The van der Waals surface area contributed by atoms with Crippen LogP contribution in [0.3, 0.4) is 0 Å². The first-order valence-electron chi connectivity index (χ1n) is 2.33. The van der Waals surface area contributed by atoms with E-state index in [2.05, 4.69) is 4.52 Å². The Kier molecular flexibility index (Phi) is 3.42. The van der Waals surface area contributed by atoms with Crippen LogP contribution in [0.25, 0.3) is 0 Å². The Hall–Kier alpha value is 0.490. The summed E-state index contributed by atoms with van der Waals surface area (Å²) < 4.78 is 33.9. The molecule has 0 aromatic heterocycles. The van der Waals surface area contributed by atoms with Gasteiger partial charge in [-0.05, 0) is 6.92 Å². The summed E-state index contributed by atoms with van der Waals surface area (Å²) in [5.74, 6) is 0. The van der Waals surface area contributed by atoms with Gasteiger partial charge in [-0.25, -0.2) is 0 Å². The molecule has 0 amide bonds. The molecule has 1 unspecified atom stereocenters. The van der Waals surface area contributed by atoms with Crippen LogP contribution in [0.5, 0.6) is 0 Å². The number of halogens is 3. The van der Waals surface area contributed by atoms with Crippen molar-refractivity contribution in [2.24, 2.45) is 0 Å². The fourth-order valence-electron chi connectivity index (χ4n) is 0.243. The van der Waals surface area contributed by atoms with Crippen molar-refractivity contribution in [2.75, 3.05) is 6.61 Å². The predicted molar refractivity (Wildman–Crippen MR) is 33.1 cm³/mol. The molecule has 0 saturated carbocycles. The summed E-state index contributed by atoms with van der Waals surface area (Å²) in [5, 5.41) is 0. The van der Waals surface area contributed by atoms with E-state index in [1.807, 2.05) is 0 Å². The van der Waals surface area contributed by atoms with E-state index < -0.39 is 12.2 Å². The molecule has 0 aliphatic rings. The molecule has 0 radical (unpaired) electrons. The van der Waals surface area contributed by atoms with Gasteiger partial charge in [0.25, 0.3) is 0 Å². The Balaban J connectivity index is 4.26. The summed E-state index contributed by atoms with van der Waals surface area (Å²) in [4.78, 5) is 10.3. The highest BCUT2D eigenvalue weighted by atomic mass is 79.9. The minimum absolute atomic E-state index is 0.290. The smallest absolute Gasteiger partial charge is 0.361 e. The van der Waals surface area contributed by atoms with E-state index >= 15 is 0 Å². The van der Waals surface area contributed by atoms with Gasteiger partial charge < -0.3 is 14.0 Å². The molecule has 0 rings (SSSR count). The van der Waals surface area contributed by atoms with E-state index in [9.17, 15) is 18.2 Å². The van der Waals surface area contributed by atoms with Gasteiger partial charge in [-0.1, -0.05) is 0 Å². The second-order valence-corrected chi connectivity index (χ2v) is 4.81. The molecule has 0 bridgehead atoms. The van der Waals surface area contributed by atoms with Crippen molar-refractivity contribution < 1.29 is 22.8 Å². The van der Waals surface area contributed by atoms with Crippen LogP contribution in [-0.2, 0) is 9.09 Å². The van der Waals surface area contributed by atoms with E-state index in [0.717, 1.165) is 0 Å². The van der Waals surface area contributed by atoms with E-state index in [0.29, 0.717) is 0 Å². The van der Waals surface area contributed by atoms with Crippen molar-refractivity contribution in [1.82, 2.24) is 0 Å². The SMILES string of the molecule is CCOP(=O)([O-])C(F)(F)Br. The molecular weight excluding hydrogens is 233 g/mol. The van der Waals surface area contributed by atoms with Gasteiger partial charge in [-0.3, -0.25) is 0 Å². The maximum atomic E-state index is 11.9. The van der Waals surface area contributed by atoms with Gasteiger partial charge in [-0.2, -0.15) is 8.78 Å². The molecule has 62 valence electrons. The van der Waals surface area contributed by atoms with Crippen LogP contribution in [0.1, 0.15) is 6.92 Å². The quantitative estimate of drug-likeness (QED) is 0.553. The molecule has 7 heteroatoms. The molecule has 3 nitrogen and oxygen atoms in total. The van der Waals surface area contributed by atoms with Crippen molar-refractivity contribution in [2.45, 2.75) is 11.5 Å². The third-order valence-electron chi connectivity index (χ3n) is 0.610. The standard InChI is InChI=1S/C3H6BrF2O3P/c1-2-9-10(7,8)3(4,5)6/h2H2,1H3,(H,7,8)/p-1. The molecule has 1 atom stereocenters. The Labute approximate surface area is 65.0 Å². The van der Waals surface area contributed by atoms with E-state index in [1.54, 1.807) is 15.9 Å². The zero-order valence-electron chi connectivity index (χ0n) is 5.01. The number of rotatable bonds is 3. The number of alkyl halides is 3. The summed E-state index contributed by atoms with van der Waals surface area (Å²) in [6.07, 6.45) is 0. The Bertz CT molecular complexity index is 156. The fourth-order valence-corrected chi connectivity index (χ4v) is 1.04. The van der Waals surface area contributed by atoms with Crippen LogP contribution in [0, 0.1) is 0 Å². The molecule has 0 aliphatic heterocycles. The van der Waals surface area contributed by atoms with E-state index in [-0.39, 0.29) is 6.61 Å². The average molecular weight is 238 g/mol. The molecule has 0 saturated heterocycles. The first kappa shape index (κ1) is 10.5.